The highest BCUT2D eigenvalue weighted by Crippen LogP contribution is 2.22. The Hall–Kier alpha value is -0.960. The van der Waals surface area contributed by atoms with E-state index in [9.17, 15) is 4.79 Å². The van der Waals surface area contributed by atoms with Gasteiger partial charge in [0.1, 0.15) is 0 Å². The molecular formula is C9H11NOS. The number of rotatable bonds is 1. The highest BCUT2D eigenvalue weighted by atomic mass is 32.2. The second-order valence-corrected chi connectivity index (χ2v) is 3.74. The van der Waals surface area contributed by atoms with Crippen LogP contribution in [0, 0.1) is 13.8 Å². The van der Waals surface area contributed by atoms with Crippen LogP contribution in [0.3, 0.4) is 0 Å². The first kappa shape index (κ1) is 9.13. The van der Waals surface area contributed by atoms with E-state index in [0.29, 0.717) is 0 Å². The van der Waals surface area contributed by atoms with Crippen molar-refractivity contribution in [3.63, 3.8) is 0 Å². The van der Waals surface area contributed by atoms with Crippen molar-refractivity contribution in [3.8, 4) is 0 Å². The maximum Gasteiger partial charge on any atom is 0.281 e. The Morgan fingerprint density at radius 3 is 2.58 bits per heavy atom. The first-order chi connectivity index (χ1) is 5.59. The molecule has 64 valence electrons. The van der Waals surface area contributed by atoms with E-state index in [1.165, 1.54) is 5.56 Å². The lowest BCUT2D eigenvalue weighted by Gasteiger charge is -2.02. The molecule has 0 saturated carbocycles. The van der Waals surface area contributed by atoms with Gasteiger partial charge < -0.3 is 5.73 Å². The smallest absolute Gasteiger partial charge is 0.281 e. The fraction of sp³-hybridized carbons (Fsp3) is 0.222. The van der Waals surface area contributed by atoms with Gasteiger partial charge in [-0.3, -0.25) is 4.79 Å². The zero-order chi connectivity index (χ0) is 9.14. The summed E-state index contributed by atoms with van der Waals surface area (Å²) < 4.78 is 0. The Morgan fingerprint density at radius 2 is 2.08 bits per heavy atom. The van der Waals surface area contributed by atoms with Gasteiger partial charge in [-0.15, -0.1) is 0 Å². The number of hydrogen-bond donors (Lipinski definition) is 1. The van der Waals surface area contributed by atoms with Crippen LogP contribution >= 0.6 is 11.8 Å². The van der Waals surface area contributed by atoms with Crippen molar-refractivity contribution in [2.75, 3.05) is 0 Å². The van der Waals surface area contributed by atoms with Gasteiger partial charge in [0, 0.05) is 4.90 Å². The molecule has 0 saturated heterocycles. The Morgan fingerprint density at radius 1 is 1.42 bits per heavy atom. The lowest BCUT2D eigenvalue weighted by Crippen LogP contribution is -2.02. The quantitative estimate of drug-likeness (QED) is 0.676. The maximum atomic E-state index is 10.6. The molecule has 0 fully saturated rings. The number of hydrogen-bond acceptors (Lipinski definition) is 2. The van der Waals surface area contributed by atoms with Crippen molar-refractivity contribution in [2.24, 2.45) is 5.73 Å². The largest absolute Gasteiger partial charge is 0.360 e. The number of amides is 1. The van der Waals surface area contributed by atoms with Crippen LogP contribution in [0.4, 0.5) is 4.79 Å². The van der Waals surface area contributed by atoms with Gasteiger partial charge in [-0.25, -0.2) is 0 Å². The van der Waals surface area contributed by atoms with Crippen molar-refractivity contribution < 1.29 is 4.79 Å². The molecule has 0 heterocycles. The van der Waals surface area contributed by atoms with Crippen LogP contribution in [0.2, 0.25) is 0 Å². The summed E-state index contributed by atoms with van der Waals surface area (Å²) in [5.74, 6) is 0. The number of nitrogens with two attached hydrogens (primary N) is 1. The summed E-state index contributed by atoms with van der Waals surface area (Å²) in [5.41, 5.74) is 7.35. The topological polar surface area (TPSA) is 43.1 Å². The van der Waals surface area contributed by atoms with E-state index < -0.39 is 0 Å². The van der Waals surface area contributed by atoms with E-state index in [-0.39, 0.29) is 5.24 Å². The molecule has 1 aromatic rings. The summed E-state index contributed by atoms with van der Waals surface area (Å²) in [7, 11) is 0. The van der Waals surface area contributed by atoms with Crippen molar-refractivity contribution >= 4 is 17.0 Å². The first-order valence-corrected chi connectivity index (χ1v) is 4.46. The summed E-state index contributed by atoms with van der Waals surface area (Å²) in [6, 6.07) is 5.92. The lowest BCUT2D eigenvalue weighted by atomic mass is 10.2. The molecule has 0 aliphatic rings. The number of aryl methyl sites for hydroxylation is 2. The van der Waals surface area contributed by atoms with E-state index in [1.54, 1.807) is 0 Å². The minimum Gasteiger partial charge on any atom is -0.360 e. The average molecular weight is 181 g/mol. The fourth-order valence-corrected chi connectivity index (χ4v) is 1.59. The number of carbonyl (C=O) groups excluding carboxylic acids is 1. The van der Waals surface area contributed by atoms with E-state index >= 15 is 0 Å². The van der Waals surface area contributed by atoms with Crippen molar-refractivity contribution in [1.82, 2.24) is 0 Å². The monoisotopic (exact) mass is 181 g/mol. The Balaban J connectivity index is 2.93. The Labute approximate surface area is 76.2 Å². The average Bonchev–Trinajstić information content (AvgIpc) is 1.94. The van der Waals surface area contributed by atoms with Gasteiger partial charge in [0.2, 0.25) is 0 Å². The molecule has 2 nitrogen and oxygen atoms in total. The summed E-state index contributed by atoms with van der Waals surface area (Å²) in [6.45, 7) is 3.99. The molecule has 0 bridgehead atoms. The van der Waals surface area contributed by atoms with Gasteiger partial charge in [-0.2, -0.15) is 0 Å². The summed E-state index contributed by atoms with van der Waals surface area (Å²) in [6.07, 6.45) is 0. The molecule has 1 rings (SSSR count). The molecule has 0 atom stereocenters. The molecule has 0 spiro atoms. The standard InChI is InChI=1S/C9H11NOS/c1-6-3-4-8(7(2)5-6)12-9(10)11/h3-5H,1-2H3,(H2,10,11). The Bertz CT molecular complexity index is 309. The molecule has 2 N–H and O–H groups in total. The van der Waals surface area contributed by atoms with Crippen molar-refractivity contribution in [3.05, 3.63) is 29.3 Å². The first-order valence-electron chi connectivity index (χ1n) is 3.64. The van der Waals surface area contributed by atoms with E-state index in [4.69, 9.17) is 5.73 Å². The predicted octanol–water partition coefficient (Wildman–Crippen LogP) is 2.47. The second kappa shape index (κ2) is 3.63. The van der Waals surface area contributed by atoms with Crippen LogP contribution in [0.15, 0.2) is 23.1 Å². The third-order valence-electron chi connectivity index (χ3n) is 1.54. The summed E-state index contributed by atoms with van der Waals surface area (Å²) in [4.78, 5) is 11.5. The highest BCUT2D eigenvalue weighted by molar-refractivity contribution is 8.13. The normalized spacial score (nSPS) is 9.83. The molecule has 3 heteroatoms. The van der Waals surface area contributed by atoms with Gasteiger partial charge in [0.25, 0.3) is 5.24 Å². The zero-order valence-corrected chi connectivity index (χ0v) is 7.94. The molecule has 0 radical (unpaired) electrons. The van der Waals surface area contributed by atoms with Gasteiger partial charge >= 0.3 is 0 Å². The number of carbonyl (C=O) groups is 1. The van der Waals surface area contributed by atoms with Crippen LogP contribution in [0.25, 0.3) is 0 Å². The minimum absolute atomic E-state index is 0.359. The Kier molecular flexibility index (Phi) is 2.76. The fourth-order valence-electron chi connectivity index (χ4n) is 1.02. The van der Waals surface area contributed by atoms with Crippen LogP contribution in [0.1, 0.15) is 11.1 Å². The SMILES string of the molecule is Cc1ccc(SC(N)=O)c(C)c1. The molecule has 1 amide bonds. The van der Waals surface area contributed by atoms with Gasteiger partial charge in [0.15, 0.2) is 0 Å². The number of benzene rings is 1. The van der Waals surface area contributed by atoms with E-state index in [1.807, 2.05) is 32.0 Å². The maximum absolute atomic E-state index is 10.6. The van der Waals surface area contributed by atoms with Gasteiger partial charge in [-0.1, -0.05) is 17.7 Å². The van der Waals surface area contributed by atoms with E-state index in [2.05, 4.69) is 0 Å². The van der Waals surface area contributed by atoms with Crippen molar-refractivity contribution in [1.29, 1.82) is 0 Å². The molecule has 0 aromatic heterocycles. The predicted molar refractivity (Wildman–Crippen MR) is 51.4 cm³/mol. The minimum atomic E-state index is -0.359. The summed E-state index contributed by atoms with van der Waals surface area (Å²) in [5, 5.41) is -0.359. The van der Waals surface area contributed by atoms with Crippen LogP contribution in [-0.4, -0.2) is 5.24 Å². The third kappa shape index (κ3) is 2.27. The molecule has 0 aliphatic heterocycles. The molecule has 0 unspecified atom stereocenters. The molecule has 1 aromatic carbocycles. The zero-order valence-electron chi connectivity index (χ0n) is 7.13. The molecular weight excluding hydrogens is 170 g/mol. The van der Waals surface area contributed by atoms with Crippen LogP contribution < -0.4 is 5.73 Å². The number of thioether (sulfide) groups is 1. The molecule has 12 heavy (non-hydrogen) atoms. The third-order valence-corrected chi connectivity index (χ3v) is 2.42. The highest BCUT2D eigenvalue weighted by Gasteiger charge is 2.02. The van der Waals surface area contributed by atoms with Gasteiger partial charge in [-0.05, 0) is 37.2 Å². The molecule has 0 aliphatic carbocycles. The van der Waals surface area contributed by atoms with Crippen molar-refractivity contribution in [2.45, 2.75) is 18.7 Å². The summed E-state index contributed by atoms with van der Waals surface area (Å²) >= 11 is 1.07. The van der Waals surface area contributed by atoms with Gasteiger partial charge in [0.05, 0.1) is 0 Å². The van der Waals surface area contributed by atoms with Crippen LogP contribution in [0.5, 0.6) is 0 Å². The second-order valence-electron chi connectivity index (χ2n) is 2.69. The van der Waals surface area contributed by atoms with E-state index in [0.717, 1.165) is 22.2 Å². The lowest BCUT2D eigenvalue weighted by molar-refractivity contribution is 0.267. The van der Waals surface area contributed by atoms with Crippen LogP contribution in [-0.2, 0) is 0 Å². The number of primary amides is 1.